The molecule has 0 aliphatic carbocycles. The molecule has 18 heavy (non-hydrogen) atoms. The van der Waals surface area contributed by atoms with E-state index in [1.54, 1.807) is 24.3 Å². The predicted molar refractivity (Wildman–Crippen MR) is 66.6 cm³/mol. The summed E-state index contributed by atoms with van der Waals surface area (Å²) in [6.07, 6.45) is 0. The highest BCUT2D eigenvalue weighted by Crippen LogP contribution is 2.21. The second kappa shape index (κ2) is 5.75. The zero-order valence-electron chi connectivity index (χ0n) is 10.3. The molecular weight excluding hydrogens is 232 g/mol. The molecule has 0 atom stereocenters. The number of nitrogens with zero attached hydrogens (tertiary/aromatic N) is 1. The smallest absolute Gasteiger partial charge is 0.261 e. The summed E-state index contributed by atoms with van der Waals surface area (Å²) in [6.45, 7) is 1.99. The molecule has 0 fully saturated rings. The van der Waals surface area contributed by atoms with Crippen LogP contribution in [0.4, 0.5) is 0 Å². The number of ether oxygens (including phenoxy) is 1. The highest BCUT2D eigenvalue weighted by atomic mass is 16.5. The molecule has 1 aliphatic rings. The normalized spacial score (nSPS) is 14.2. The lowest BCUT2D eigenvalue weighted by Crippen LogP contribution is -2.33. The lowest BCUT2D eigenvalue weighted by molar-refractivity contribution is 0.0567. The third kappa shape index (κ3) is 2.42. The average Bonchev–Trinajstić information content (AvgIpc) is 2.64. The molecule has 1 N–H and O–H groups in total. The summed E-state index contributed by atoms with van der Waals surface area (Å²) in [5.74, 6) is -0.458. The summed E-state index contributed by atoms with van der Waals surface area (Å²) in [7, 11) is 1.84. The summed E-state index contributed by atoms with van der Waals surface area (Å²) >= 11 is 0. The van der Waals surface area contributed by atoms with Gasteiger partial charge in [0.15, 0.2) is 0 Å². The van der Waals surface area contributed by atoms with Gasteiger partial charge in [0.2, 0.25) is 0 Å². The van der Waals surface area contributed by atoms with Crippen LogP contribution in [0.1, 0.15) is 20.7 Å². The van der Waals surface area contributed by atoms with Crippen molar-refractivity contribution >= 4 is 11.8 Å². The van der Waals surface area contributed by atoms with Crippen molar-refractivity contribution < 1.29 is 14.3 Å². The first-order chi connectivity index (χ1) is 8.75. The molecule has 1 aromatic rings. The lowest BCUT2D eigenvalue weighted by Gasteiger charge is -2.13. The maximum absolute atomic E-state index is 12.0. The van der Waals surface area contributed by atoms with Crippen molar-refractivity contribution in [1.29, 1.82) is 0 Å². The molecule has 2 amide bonds. The van der Waals surface area contributed by atoms with Gasteiger partial charge in [0.05, 0.1) is 30.9 Å². The van der Waals surface area contributed by atoms with Crippen LogP contribution >= 0.6 is 0 Å². The van der Waals surface area contributed by atoms with Gasteiger partial charge in [-0.05, 0) is 19.2 Å². The predicted octanol–water partition coefficient (Wildman–Crippen LogP) is 0.519. The number of hydrogen-bond donors (Lipinski definition) is 1. The maximum Gasteiger partial charge on any atom is 0.261 e. The fourth-order valence-electron chi connectivity index (χ4n) is 1.87. The molecule has 1 heterocycles. The van der Waals surface area contributed by atoms with Gasteiger partial charge in [0.25, 0.3) is 11.8 Å². The van der Waals surface area contributed by atoms with Gasteiger partial charge in [-0.25, -0.2) is 0 Å². The number of carbonyl (C=O) groups is 2. The van der Waals surface area contributed by atoms with Crippen LogP contribution in [0.2, 0.25) is 0 Å². The molecule has 0 saturated carbocycles. The Labute approximate surface area is 106 Å². The van der Waals surface area contributed by atoms with Gasteiger partial charge in [-0.15, -0.1) is 0 Å². The first kappa shape index (κ1) is 12.7. The highest BCUT2D eigenvalue weighted by Gasteiger charge is 2.34. The Morgan fingerprint density at radius 1 is 1.11 bits per heavy atom. The van der Waals surface area contributed by atoms with Crippen LogP contribution in [-0.2, 0) is 4.74 Å². The molecule has 5 nitrogen and oxygen atoms in total. The minimum Gasteiger partial charge on any atom is -0.378 e. The summed E-state index contributed by atoms with van der Waals surface area (Å²) in [5, 5.41) is 2.96. The van der Waals surface area contributed by atoms with Crippen molar-refractivity contribution in [2.75, 3.05) is 33.4 Å². The van der Waals surface area contributed by atoms with E-state index in [0.29, 0.717) is 30.9 Å². The highest BCUT2D eigenvalue weighted by molar-refractivity contribution is 6.21. The lowest BCUT2D eigenvalue weighted by atomic mass is 10.1. The van der Waals surface area contributed by atoms with Crippen LogP contribution in [0.3, 0.4) is 0 Å². The zero-order valence-corrected chi connectivity index (χ0v) is 10.3. The fraction of sp³-hybridized carbons (Fsp3) is 0.385. The molecule has 96 valence electrons. The van der Waals surface area contributed by atoms with Gasteiger partial charge < -0.3 is 10.1 Å². The van der Waals surface area contributed by atoms with Crippen LogP contribution in [0, 0.1) is 0 Å². The number of hydrogen-bond acceptors (Lipinski definition) is 4. The van der Waals surface area contributed by atoms with Gasteiger partial charge in [-0.1, -0.05) is 12.1 Å². The van der Waals surface area contributed by atoms with E-state index in [1.807, 2.05) is 7.05 Å². The van der Waals surface area contributed by atoms with Gasteiger partial charge in [0, 0.05) is 6.54 Å². The molecule has 0 bridgehead atoms. The van der Waals surface area contributed by atoms with Crippen molar-refractivity contribution in [2.45, 2.75) is 0 Å². The molecule has 5 heteroatoms. The molecule has 0 saturated heterocycles. The molecule has 0 spiro atoms. The Bertz CT molecular complexity index is 424. The molecule has 0 radical (unpaired) electrons. The van der Waals surface area contributed by atoms with E-state index >= 15 is 0 Å². The van der Waals surface area contributed by atoms with Gasteiger partial charge >= 0.3 is 0 Å². The molecule has 0 unspecified atom stereocenters. The van der Waals surface area contributed by atoms with Gasteiger partial charge in [-0.3, -0.25) is 14.5 Å². The van der Waals surface area contributed by atoms with Crippen molar-refractivity contribution in [3.63, 3.8) is 0 Å². The van der Waals surface area contributed by atoms with Gasteiger partial charge in [0.1, 0.15) is 0 Å². The summed E-state index contributed by atoms with van der Waals surface area (Å²) in [6, 6.07) is 6.88. The van der Waals surface area contributed by atoms with E-state index in [-0.39, 0.29) is 11.8 Å². The molecular formula is C13H16N2O3. The Hall–Kier alpha value is -1.72. The van der Waals surface area contributed by atoms with Crippen molar-refractivity contribution in [2.24, 2.45) is 0 Å². The van der Waals surface area contributed by atoms with E-state index < -0.39 is 0 Å². The summed E-state index contributed by atoms with van der Waals surface area (Å²) in [4.78, 5) is 25.2. The first-order valence-electron chi connectivity index (χ1n) is 5.93. The van der Waals surface area contributed by atoms with Crippen molar-refractivity contribution in [3.05, 3.63) is 35.4 Å². The van der Waals surface area contributed by atoms with Crippen LogP contribution in [0.25, 0.3) is 0 Å². The summed E-state index contributed by atoms with van der Waals surface area (Å²) < 4.78 is 5.32. The Balaban J connectivity index is 1.93. The average molecular weight is 248 g/mol. The largest absolute Gasteiger partial charge is 0.378 e. The number of fused-ring (bicyclic) bond motifs is 1. The zero-order chi connectivity index (χ0) is 13.0. The number of rotatable bonds is 6. The minimum absolute atomic E-state index is 0.229. The van der Waals surface area contributed by atoms with E-state index in [0.717, 1.165) is 6.54 Å². The third-order valence-electron chi connectivity index (χ3n) is 2.83. The standard InChI is InChI=1S/C13H16N2O3/c1-14-6-8-18-9-7-15-12(16)10-4-2-3-5-11(10)13(15)17/h2-5,14H,6-9H2,1H3. The Morgan fingerprint density at radius 3 is 2.28 bits per heavy atom. The number of nitrogens with one attached hydrogen (secondary N) is 1. The van der Waals surface area contributed by atoms with Gasteiger partial charge in [-0.2, -0.15) is 0 Å². The second-order valence-corrected chi connectivity index (χ2v) is 4.02. The van der Waals surface area contributed by atoms with Crippen LogP contribution in [0.15, 0.2) is 24.3 Å². The number of imide groups is 1. The van der Waals surface area contributed by atoms with Crippen LogP contribution < -0.4 is 5.32 Å². The molecule has 0 aromatic heterocycles. The molecule has 1 aromatic carbocycles. The van der Waals surface area contributed by atoms with E-state index in [2.05, 4.69) is 5.32 Å². The maximum atomic E-state index is 12.0. The fourth-order valence-corrected chi connectivity index (χ4v) is 1.87. The third-order valence-corrected chi connectivity index (χ3v) is 2.83. The number of benzene rings is 1. The first-order valence-corrected chi connectivity index (χ1v) is 5.93. The number of amides is 2. The Morgan fingerprint density at radius 2 is 1.72 bits per heavy atom. The van der Waals surface area contributed by atoms with Crippen LogP contribution in [0.5, 0.6) is 0 Å². The molecule has 1 aliphatic heterocycles. The number of carbonyl (C=O) groups excluding carboxylic acids is 2. The topological polar surface area (TPSA) is 58.6 Å². The second-order valence-electron chi connectivity index (χ2n) is 4.02. The van der Waals surface area contributed by atoms with Crippen LogP contribution in [-0.4, -0.2) is 50.1 Å². The summed E-state index contributed by atoms with van der Waals surface area (Å²) in [5.41, 5.74) is 0.968. The Kier molecular flexibility index (Phi) is 4.07. The van der Waals surface area contributed by atoms with Crippen molar-refractivity contribution in [3.8, 4) is 0 Å². The van der Waals surface area contributed by atoms with E-state index in [1.165, 1.54) is 4.90 Å². The van der Waals surface area contributed by atoms with E-state index in [4.69, 9.17) is 4.74 Å². The monoisotopic (exact) mass is 248 g/mol. The minimum atomic E-state index is -0.229. The number of likely N-dealkylation sites (N-methyl/N-ethyl adjacent to an activating group) is 1. The SMILES string of the molecule is CNCCOCCN1C(=O)c2ccccc2C1=O. The molecule has 2 rings (SSSR count). The quantitative estimate of drug-likeness (QED) is 0.589. The van der Waals surface area contributed by atoms with Crippen molar-refractivity contribution in [1.82, 2.24) is 10.2 Å². The van der Waals surface area contributed by atoms with E-state index in [9.17, 15) is 9.59 Å².